The first-order chi connectivity index (χ1) is 16.2. The fraction of sp³-hybridized carbons (Fsp3) is 0.720. The van der Waals surface area contributed by atoms with Crippen molar-refractivity contribution in [1.29, 1.82) is 0 Å². The molecule has 7 nitrogen and oxygen atoms in total. The molecule has 4 bridgehead atoms. The number of morpholine rings is 1. The van der Waals surface area contributed by atoms with Crippen LogP contribution in [0, 0.1) is 29.0 Å². The highest BCUT2D eigenvalue weighted by molar-refractivity contribution is 7.87. The molecule has 5 saturated carbocycles. The van der Waals surface area contributed by atoms with E-state index < -0.39 is 21.9 Å². The Morgan fingerprint density at radius 2 is 1.82 bits per heavy atom. The van der Waals surface area contributed by atoms with Crippen molar-refractivity contribution in [2.24, 2.45) is 23.2 Å². The summed E-state index contributed by atoms with van der Waals surface area (Å²) in [5, 5.41) is 0. The molecule has 186 valence electrons. The number of nitrogens with zero attached hydrogens (tertiary/aromatic N) is 1. The van der Waals surface area contributed by atoms with Crippen LogP contribution in [-0.4, -0.2) is 51.0 Å². The quantitative estimate of drug-likeness (QED) is 0.656. The average molecular weight is 493 g/mol. The zero-order valence-electron chi connectivity index (χ0n) is 19.6. The number of rotatable bonds is 6. The van der Waals surface area contributed by atoms with Crippen molar-refractivity contribution in [2.75, 3.05) is 26.3 Å². The van der Waals surface area contributed by atoms with Crippen LogP contribution in [-0.2, 0) is 14.9 Å². The fourth-order valence-corrected chi connectivity index (χ4v) is 8.41. The standard InChI is InChI=1S/C25H33FN2O5S/c1-25-12-15-8-17(13-25)23(18(9-15)14-25)33-22-11-21(26)20(10-19(22)16-2-3-16)24(29)27-34(30,31)28-4-6-32-7-5-28/h10-11,15-18,23H,2-9,12-14H2,1H3,(H,27,29)/t15?,17?,18?,23-,25+. The third kappa shape index (κ3) is 4.13. The minimum absolute atomic E-state index is 0.0999. The predicted octanol–water partition coefficient (Wildman–Crippen LogP) is 3.60. The molecule has 0 spiro atoms. The van der Waals surface area contributed by atoms with Crippen molar-refractivity contribution < 1.29 is 27.1 Å². The Balaban J connectivity index is 1.24. The first-order valence-corrected chi connectivity index (χ1v) is 14.0. The van der Waals surface area contributed by atoms with Crippen LogP contribution >= 0.6 is 0 Å². The fourth-order valence-electron chi connectivity index (χ4n) is 7.31. The van der Waals surface area contributed by atoms with Crippen molar-refractivity contribution in [1.82, 2.24) is 9.03 Å². The maximum atomic E-state index is 15.2. The number of halogens is 1. The van der Waals surface area contributed by atoms with Gasteiger partial charge in [0, 0.05) is 19.2 Å². The number of hydrogen-bond acceptors (Lipinski definition) is 5. The lowest BCUT2D eigenvalue weighted by molar-refractivity contribution is -0.117. The highest BCUT2D eigenvalue weighted by Gasteiger charge is 2.54. The molecule has 9 heteroatoms. The second kappa shape index (κ2) is 8.17. The minimum Gasteiger partial charge on any atom is -0.489 e. The van der Waals surface area contributed by atoms with Crippen LogP contribution in [0.4, 0.5) is 4.39 Å². The van der Waals surface area contributed by atoms with Gasteiger partial charge in [-0.05, 0) is 85.7 Å². The summed E-state index contributed by atoms with van der Waals surface area (Å²) in [6.45, 7) is 3.26. The molecule has 34 heavy (non-hydrogen) atoms. The van der Waals surface area contributed by atoms with Crippen LogP contribution in [0.1, 0.15) is 73.7 Å². The van der Waals surface area contributed by atoms with Gasteiger partial charge in [-0.15, -0.1) is 0 Å². The Kier molecular flexibility index (Phi) is 5.46. The van der Waals surface area contributed by atoms with Gasteiger partial charge in [0.1, 0.15) is 17.7 Å². The van der Waals surface area contributed by atoms with Gasteiger partial charge in [-0.3, -0.25) is 4.79 Å². The van der Waals surface area contributed by atoms with E-state index >= 15 is 4.39 Å². The lowest BCUT2D eigenvalue weighted by Crippen LogP contribution is -2.54. The minimum atomic E-state index is -4.06. The molecule has 1 amide bonds. The second-order valence-electron chi connectivity index (χ2n) is 11.5. The van der Waals surface area contributed by atoms with Gasteiger partial charge in [-0.25, -0.2) is 9.11 Å². The number of carbonyl (C=O) groups excluding carboxylic acids is 1. The molecule has 1 aliphatic heterocycles. The number of carbonyl (C=O) groups is 1. The summed E-state index contributed by atoms with van der Waals surface area (Å²) in [6.07, 6.45) is 8.08. The van der Waals surface area contributed by atoms with Gasteiger partial charge < -0.3 is 9.47 Å². The number of amides is 1. The summed E-state index contributed by atoms with van der Waals surface area (Å²) >= 11 is 0. The monoisotopic (exact) mass is 492 g/mol. The molecule has 1 N–H and O–H groups in total. The number of ether oxygens (including phenoxy) is 2. The summed E-state index contributed by atoms with van der Waals surface area (Å²) in [7, 11) is -4.06. The van der Waals surface area contributed by atoms with Crippen molar-refractivity contribution in [2.45, 2.75) is 63.9 Å². The number of nitrogens with one attached hydrogen (secondary N) is 1. The predicted molar refractivity (Wildman–Crippen MR) is 123 cm³/mol. The third-order valence-corrected chi connectivity index (χ3v) is 10.1. The van der Waals surface area contributed by atoms with Crippen molar-refractivity contribution >= 4 is 16.1 Å². The van der Waals surface area contributed by atoms with Crippen LogP contribution in [0.5, 0.6) is 5.75 Å². The SMILES string of the molecule is C[C@]12CC3CC(C1)[C@@H](Oc1cc(F)c(C(=O)NS(=O)(=O)N4CCOCC4)cc1C1CC1)C(C3)C2. The molecule has 5 aliphatic carbocycles. The first-order valence-electron chi connectivity index (χ1n) is 12.6. The van der Waals surface area contributed by atoms with E-state index in [2.05, 4.69) is 6.92 Å². The Morgan fingerprint density at radius 3 is 2.44 bits per heavy atom. The van der Waals surface area contributed by atoms with Crippen LogP contribution in [0.15, 0.2) is 12.1 Å². The van der Waals surface area contributed by atoms with Crippen molar-refractivity contribution in [3.8, 4) is 5.75 Å². The van der Waals surface area contributed by atoms with E-state index in [1.54, 1.807) is 0 Å². The average Bonchev–Trinajstić information content (AvgIpc) is 3.61. The molecule has 2 unspecified atom stereocenters. The van der Waals surface area contributed by atoms with Gasteiger partial charge in [0.05, 0.1) is 18.8 Å². The molecule has 1 aromatic rings. The van der Waals surface area contributed by atoms with E-state index in [0.29, 0.717) is 23.0 Å². The summed E-state index contributed by atoms with van der Waals surface area (Å²) < 4.78 is 55.3. The number of benzene rings is 1. The van der Waals surface area contributed by atoms with Gasteiger partial charge in [0.2, 0.25) is 0 Å². The highest BCUT2D eigenvalue weighted by atomic mass is 32.2. The number of hydrogen-bond donors (Lipinski definition) is 1. The van der Waals surface area contributed by atoms with E-state index in [4.69, 9.17) is 9.47 Å². The zero-order chi connectivity index (χ0) is 23.7. The van der Waals surface area contributed by atoms with Crippen LogP contribution in [0.3, 0.4) is 0 Å². The molecule has 0 aromatic heterocycles. The van der Waals surface area contributed by atoms with Crippen LogP contribution in [0.2, 0.25) is 0 Å². The first kappa shape index (κ1) is 22.7. The van der Waals surface area contributed by atoms with E-state index in [1.165, 1.54) is 44.2 Å². The van der Waals surface area contributed by atoms with Gasteiger partial charge in [0.15, 0.2) is 0 Å². The summed E-state index contributed by atoms with van der Waals surface area (Å²) in [6, 6.07) is 2.83. The summed E-state index contributed by atoms with van der Waals surface area (Å²) in [5.74, 6) is 0.884. The summed E-state index contributed by atoms with van der Waals surface area (Å²) in [4.78, 5) is 12.8. The topological polar surface area (TPSA) is 84.9 Å². The van der Waals surface area contributed by atoms with Crippen molar-refractivity contribution in [3.05, 3.63) is 29.1 Å². The second-order valence-corrected chi connectivity index (χ2v) is 13.1. The largest absolute Gasteiger partial charge is 0.489 e. The van der Waals surface area contributed by atoms with Gasteiger partial charge in [-0.2, -0.15) is 12.7 Å². The molecule has 0 radical (unpaired) electrons. The van der Waals surface area contributed by atoms with Gasteiger partial charge >= 0.3 is 10.2 Å². The van der Waals surface area contributed by atoms with Gasteiger partial charge in [-0.1, -0.05) is 6.92 Å². The Labute approximate surface area is 200 Å². The van der Waals surface area contributed by atoms with Gasteiger partial charge in [0.25, 0.3) is 5.91 Å². The van der Waals surface area contributed by atoms with E-state index in [-0.39, 0.29) is 43.9 Å². The molecule has 1 aromatic carbocycles. The van der Waals surface area contributed by atoms with Crippen molar-refractivity contribution in [3.63, 3.8) is 0 Å². The molecular weight excluding hydrogens is 459 g/mol. The Bertz CT molecular complexity index is 1080. The lowest BCUT2D eigenvalue weighted by atomic mass is 9.49. The lowest BCUT2D eigenvalue weighted by Gasteiger charge is -2.58. The Morgan fingerprint density at radius 1 is 1.15 bits per heavy atom. The van der Waals surface area contributed by atoms with E-state index in [0.717, 1.165) is 28.6 Å². The molecule has 1 heterocycles. The zero-order valence-corrected chi connectivity index (χ0v) is 20.4. The summed E-state index contributed by atoms with van der Waals surface area (Å²) in [5.41, 5.74) is 1.01. The molecule has 6 fully saturated rings. The Hall–Kier alpha value is -1.71. The normalized spacial score (nSPS) is 35.4. The molecular formula is C25H33FN2O5S. The van der Waals surface area contributed by atoms with Crippen LogP contribution in [0.25, 0.3) is 0 Å². The maximum absolute atomic E-state index is 15.2. The molecule has 7 rings (SSSR count). The molecule has 2 atom stereocenters. The molecule has 6 aliphatic rings. The van der Waals surface area contributed by atoms with E-state index in [9.17, 15) is 13.2 Å². The third-order valence-electron chi connectivity index (χ3n) is 8.65. The highest BCUT2D eigenvalue weighted by Crippen LogP contribution is 2.60. The maximum Gasteiger partial charge on any atom is 0.304 e. The van der Waals surface area contributed by atoms with E-state index in [1.807, 2.05) is 4.72 Å². The molecule has 1 saturated heterocycles. The smallest absolute Gasteiger partial charge is 0.304 e. The van der Waals surface area contributed by atoms with Crippen LogP contribution < -0.4 is 9.46 Å².